The molecule has 1 aromatic heterocycles. The fourth-order valence-electron chi connectivity index (χ4n) is 3.75. The Hall–Kier alpha value is -1.66. The Bertz CT molecular complexity index is 1070. The van der Waals surface area contributed by atoms with Crippen LogP contribution in [0.5, 0.6) is 0 Å². The smallest absolute Gasteiger partial charge is 0.272 e. The predicted molar refractivity (Wildman–Crippen MR) is 132 cm³/mol. The molecule has 2 heterocycles. The van der Waals surface area contributed by atoms with E-state index in [-0.39, 0.29) is 34.1 Å². The summed E-state index contributed by atoms with van der Waals surface area (Å²) in [6.07, 6.45) is -0.0233. The number of hydrogen-bond donors (Lipinski definition) is 0. The van der Waals surface area contributed by atoms with Crippen LogP contribution in [0.4, 0.5) is 0 Å². The Kier molecular flexibility index (Phi) is 7.74. The van der Waals surface area contributed by atoms with Crippen molar-refractivity contribution in [3.05, 3.63) is 30.3 Å². The van der Waals surface area contributed by atoms with Gasteiger partial charge in [-0.05, 0) is 66.9 Å². The molecule has 190 valence electrons. The molecule has 0 aliphatic carbocycles. The minimum absolute atomic E-state index is 0.00726. The van der Waals surface area contributed by atoms with Crippen LogP contribution in [0.25, 0.3) is 5.69 Å². The topological polar surface area (TPSA) is 105 Å². The molecule has 11 heteroatoms. The predicted octanol–water partition coefficient (Wildman–Crippen LogP) is 4.00. The van der Waals surface area contributed by atoms with Gasteiger partial charge in [0, 0.05) is 0 Å². The summed E-state index contributed by atoms with van der Waals surface area (Å²) < 4.78 is 46.5. The highest BCUT2D eigenvalue weighted by Gasteiger charge is 2.45. The molecular weight excluding hydrogens is 472 g/mol. The molecule has 3 rings (SSSR count). The van der Waals surface area contributed by atoms with E-state index in [1.165, 1.54) is 4.68 Å². The van der Waals surface area contributed by atoms with Crippen molar-refractivity contribution in [3.63, 3.8) is 0 Å². The zero-order valence-corrected chi connectivity index (χ0v) is 23.3. The van der Waals surface area contributed by atoms with Gasteiger partial charge in [-0.1, -0.05) is 51.0 Å². The average molecular weight is 511 g/mol. The van der Waals surface area contributed by atoms with Crippen molar-refractivity contribution in [2.45, 2.75) is 89.2 Å². The van der Waals surface area contributed by atoms with Gasteiger partial charge in [0.1, 0.15) is 6.10 Å². The summed E-state index contributed by atoms with van der Waals surface area (Å²) in [4.78, 5) is 0. The lowest BCUT2D eigenvalue weighted by molar-refractivity contribution is -0.150. The number of rotatable bonds is 9. The molecule has 1 aliphatic heterocycles. The number of aromatic nitrogens is 4. The molecule has 34 heavy (non-hydrogen) atoms. The molecule has 2 aromatic rings. The van der Waals surface area contributed by atoms with Gasteiger partial charge in [-0.3, -0.25) is 0 Å². The number of benzene rings is 1. The third kappa shape index (κ3) is 6.31. The first-order chi connectivity index (χ1) is 15.6. The second kappa shape index (κ2) is 9.77. The highest BCUT2D eigenvalue weighted by molar-refractivity contribution is 7.91. The first-order valence-electron chi connectivity index (χ1n) is 11.7. The van der Waals surface area contributed by atoms with Crippen molar-refractivity contribution in [3.8, 4) is 5.69 Å². The summed E-state index contributed by atoms with van der Waals surface area (Å²) in [5.41, 5.74) is 0.594. The number of tetrazole rings is 1. The fraction of sp³-hybridized carbons (Fsp3) is 0.696. The van der Waals surface area contributed by atoms with Crippen LogP contribution in [0.2, 0.25) is 18.1 Å². The van der Waals surface area contributed by atoms with E-state index in [1.54, 1.807) is 12.1 Å². The Balaban J connectivity index is 1.79. The molecule has 0 bridgehead atoms. The van der Waals surface area contributed by atoms with Gasteiger partial charge < -0.3 is 13.9 Å². The monoisotopic (exact) mass is 510 g/mol. The van der Waals surface area contributed by atoms with Gasteiger partial charge in [0.2, 0.25) is 9.84 Å². The number of hydrogen-bond acceptors (Lipinski definition) is 8. The standard InChI is InChI=1S/C23H38N4O5SSi/c1-17(16-33(28,29)21-24-25-26-27(21)18-12-10-9-11-13-18)14-19(20-15-30-23(5,6)31-20)32-34(7,8)22(2,3)4/h9-13,17,19-20H,14-16H2,1-8H3/t17-,19-,20+/m0/s1. The Morgan fingerprint density at radius 1 is 1.24 bits per heavy atom. The lowest BCUT2D eigenvalue weighted by atomic mass is 10.0. The third-order valence-corrected chi connectivity index (χ3v) is 12.9. The Labute approximate surface area is 204 Å². The molecule has 0 unspecified atom stereocenters. The van der Waals surface area contributed by atoms with Crippen molar-refractivity contribution in [1.29, 1.82) is 0 Å². The fourth-order valence-corrected chi connectivity index (χ4v) is 6.71. The maximum absolute atomic E-state index is 13.3. The van der Waals surface area contributed by atoms with Crippen molar-refractivity contribution in [2.24, 2.45) is 5.92 Å². The number of nitrogens with zero attached hydrogens (tertiary/aromatic N) is 4. The van der Waals surface area contributed by atoms with Crippen LogP contribution >= 0.6 is 0 Å². The highest BCUT2D eigenvalue weighted by atomic mass is 32.2. The van der Waals surface area contributed by atoms with Gasteiger partial charge in [-0.2, -0.15) is 4.68 Å². The van der Waals surface area contributed by atoms with Gasteiger partial charge >= 0.3 is 0 Å². The van der Waals surface area contributed by atoms with E-state index in [1.807, 2.05) is 39.0 Å². The van der Waals surface area contributed by atoms with Crippen LogP contribution in [0, 0.1) is 5.92 Å². The third-order valence-electron chi connectivity index (χ3n) is 6.56. The number of sulfone groups is 1. The summed E-state index contributed by atoms with van der Waals surface area (Å²) >= 11 is 0. The van der Waals surface area contributed by atoms with Crippen LogP contribution < -0.4 is 0 Å². The quantitative estimate of drug-likeness (QED) is 0.466. The molecule has 9 nitrogen and oxygen atoms in total. The van der Waals surface area contributed by atoms with Crippen LogP contribution in [0.1, 0.15) is 48.0 Å². The summed E-state index contributed by atoms with van der Waals surface area (Å²) in [6, 6.07) is 9.00. The molecule has 0 spiro atoms. The highest BCUT2D eigenvalue weighted by Crippen LogP contribution is 2.40. The van der Waals surface area contributed by atoms with E-state index in [0.717, 1.165) is 0 Å². The van der Waals surface area contributed by atoms with Crippen LogP contribution in [-0.4, -0.2) is 67.3 Å². The molecule has 0 saturated carbocycles. The number of ether oxygens (including phenoxy) is 2. The Morgan fingerprint density at radius 2 is 1.88 bits per heavy atom. The van der Waals surface area contributed by atoms with Crippen molar-refractivity contribution >= 4 is 18.2 Å². The number of para-hydroxylation sites is 1. The van der Waals surface area contributed by atoms with E-state index in [2.05, 4.69) is 49.4 Å². The molecular formula is C23H38N4O5SSi. The Morgan fingerprint density at radius 3 is 2.44 bits per heavy atom. The lowest BCUT2D eigenvalue weighted by Crippen LogP contribution is -2.48. The van der Waals surface area contributed by atoms with Crippen molar-refractivity contribution in [1.82, 2.24) is 20.2 Å². The van der Waals surface area contributed by atoms with E-state index in [0.29, 0.717) is 18.7 Å². The van der Waals surface area contributed by atoms with Crippen molar-refractivity contribution < 1.29 is 22.3 Å². The lowest BCUT2D eigenvalue weighted by Gasteiger charge is -2.41. The molecule has 0 N–H and O–H groups in total. The van der Waals surface area contributed by atoms with E-state index < -0.39 is 23.9 Å². The zero-order valence-electron chi connectivity index (χ0n) is 21.5. The maximum Gasteiger partial charge on any atom is 0.272 e. The van der Waals surface area contributed by atoms with E-state index >= 15 is 0 Å². The maximum atomic E-state index is 13.3. The second-order valence-electron chi connectivity index (χ2n) is 11.1. The van der Waals surface area contributed by atoms with Gasteiger partial charge in [-0.15, -0.1) is 0 Å². The van der Waals surface area contributed by atoms with Gasteiger partial charge in [0.05, 0.1) is 24.2 Å². The molecule has 3 atom stereocenters. The average Bonchev–Trinajstić information content (AvgIpc) is 3.34. The molecule has 1 aromatic carbocycles. The zero-order chi connectivity index (χ0) is 25.4. The van der Waals surface area contributed by atoms with Gasteiger partial charge in [0.15, 0.2) is 14.1 Å². The molecule has 1 fully saturated rings. The molecule has 1 saturated heterocycles. The van der Waals surface area contributed by atoms with Crippen LogP contribution in [0.3, 0.4) is 0 Å². The normalized spacial score (nSPS) is 20.9. The molecule has 1 aliphatic rings. The van der Waals surface area contributed by atoms with Gasteiger partial charge in [-0.25, -0.2) is 8.42 Å². The first-order valence-corrected chi connectivity index (χ1v) is 16.2. The summed E-state index contributed by atoms with van der Waals surface area (Å²) in [5.74, 6) is -1.01. The van der Waals surface area contributed by atoms with Crippen LogP contribution in [0.15, 0.2) is 35.5 Å². The summed E-state index contributed by atoms with van der Waals surface area (Å²) in [7, 11) is -5.88. The van der Waals surface area contributed by atoms with Gasteiger partial charge in [0.25, 0.3) is 5.16 Å². The first kappa shape index (κ1) is 26.9. The van der Waals surface area contributed by atoms with E-state index in [4.69, 9.17) is 13.9 Å². The molecule has 0 radical (unpaired) electrons. The summed E-state index contributed by atoms with van der Waals surface area (Å²) in [6.45, 7) is 17.0. The minimum Gasteiger partial charge on any atom is -0.411 e. The van der Waals surface area contributed by atoms with Crippen molar-refractivity contribution in [2.75, 3.05) is 12.4 Å². The molecule has 0 amide bonds. The van der Waals surface area contributed by atoms with Crippen LogP contribution in [-0.2, 0) is 23.7 Å². The largest absolute Gasteiger partial charge is 0.411 e. The van der Waals surface area contributed by atoms with E-state index in [9.17, 15) is 8.42 Å². The SMILES string of the molecule is C[C@@H](C[C@H](O[Si](C)(C)C(C)(C)C)[C@H]1COC(C)(C)O1)CS(=O)(=O)c1nnnn1-c1ccccc1. The minimum atomic E-state index is -3.75. The summed E-state index contributed by atoms with van der Waals surface area (Å²) in [5, 5.41) is 11.2. The second-order valence-corrected chi connectivity index (χ2v) is 17.8.